The lowest BCUT2D eigenvalue weighted by Crippen LogP contribution is -2.29. The third-order valence-corrected chi connectivity index (χ3v) is 3.88. The van der Waals surface area contributed by atoms with E-state index in [1.807, 2.05) is 31.2 Å². The number of ether oxygens (including phenoxy) is 3. The summed E-state index contributed by atoms with van der Waals surface area (Å²) in [5.41, 5.74) is 1.52. The molecule has 0 heterocycles. The SMILES string of the molecule is CCOc1ccc(CC(=O)NCC(O)c2ccc(OC)c(OC)c2)cc1. The molecule has 140 valence electrons. The van der Waals surface area contributed by atoms with Gasteiger partial charge in [-0.05, 0) is 42.3 Å². The molecule has 2 rings (SSSR count). The number of nitrogens with one attached hydrogen (secondary N) is 1. The Morgan fingerprint density at radius 3 is 2.38 bits per heavy atom. The summed E-state index contributed by atoms with van der Waals surface area (Å²) in [5, 5.41) is 13.0. The molecule has 26 heavy (non-hydrogen) atoms. The zero-order chi connectivity index (χ0) is 18.9. The lowest BCUT2D eigenvalue weighted by Gasteiger charge is -2.15. The quantitative estimate of drug-likeness (QED) is 0.719. The average molecular weight is 359 g/mol. The summed E-state index contributed by atoms with van der Waals surface area (Å²) in [7, 11) is 3.09. The van der Waals surface area contributed by atoms with Crippen molar-refractivity contribution in [3.05, 3.63) is 53.6 Å². The number of aliphatic hydroxyl groups is 1. The molecule has 0 aliphatic heterocycles. The normalized spacial score (nSPS) is 11.5. The standard InChI is InChI=1S/C20H25NO5/c1-4-26-16-8-5-14(6-9-16)11-20(23)21-13-17(22)15-7-10-18(24-2)19(12-15)25-3/h5-10,12,17,22H,4,11,13H2,1-3H3,(H,21,23). The summed E-state index contributed by atoms with van der Waals surface area (Å²) in [4.78, 5) is 12.1. The highest BCUT2D eigenvalue weighted by Gasteiger charge is 2.13. The fraction of sp³-hybridized carbons (Fsp3) is 0.350. The zero-order valence-corrected chi connectivity index (χ0v) is 15.3. The molecule has 1 unspecified atom stereocenters. The smallest absolute Gasteiger partial charge is 0.224 e. The monoisotopic (exact) mass is 359 g/mol. The van der Waals surface area contributed by atoms with E-state index in [9.17, 15) is 9.90 Å². The van der Waals surface area contributed by atoms with Gasteiger partial charge in [0, 0.05) is 6.54 Å². The molecule has 2 aromatic carbocycles. The van der Waals surface area contributed by atoms with Crippen LogP contribution >= 0.6 is 0 Å². The van der Waals surface area contributed by atoms with Gasteiger partial charge in [-0.3, -0.25) is 4.79 Å². The van der Waals surface area contributed by atoms with Crippen LogP contribution in [0.3, 0.4) is 0 Å². The second-order valence-electron chi connectivity index (χ2n) is 5.69. The lowest BCUT2D eigenvalue weighted by molar-refractivity contribution is -0.120. The van der Waals surface area contributed by atoms with Crippen molar-refractivity contribution in [2.24, 2.45) is 0 Å². The maximum absolute atomic E-state index is 12.1. The number of hydrogen-bond acceptors (Lipinski definition) is 5. The van der Waals surface area contributed by atoms with E-state index in [1.165, 1.54) is 7.11 Å². The first-order valence-corrected chi connectivity index (χ1v) is 8.45. The Morgan fingerprint density at radius 1 is 1.08 bits per heavy atom. The molecule has 0 saturated carbocycles. The minimum absolute atomic E-state index is 0.116. The molecule has 0 spiro atoms. The molecule has 6 nitrogen and oxygen atoms in total. The molecule has 0 aliphatic rings. The Hall–Kier alpha value is -2.73. The number of carbonyl (C=O) groups is 1. The van der Waals surface area contributed by atoms with Crippen LogP contribution in [0.25, 0.3) is 0 Å². The van der Waals surface area contributed by atoms with E-state index < -0.39 is 6.10 Å². The molecule has 0 aromatic heterocycles. The van der Waals surface area contributed by atoms with E-state index in [0.29, 0.717) is 23.7 Å². The van der Waals surface area contributed by atoms with Crippen LogP contribution in [-0.4, -0.2) is 38.4 Å². The van der Waals surface area contributed by atoms with Crippen molar-refractivity contribution >= 4 is 5.91 Å². The van der Waals surface area contributed by atoms with Crippen molar-refractivity contribution in [1.29, 1.82) is 0 Å². The van der Waals surface area contributed by atoms with E-state index in [-0.39, 0.29) is 18.9 Å². The van der Waals surface area contributed by atoms with Crippen LogP contribution in [0.5, 0.6) is 17.2 Å². The van der Waals surface area contributed by atoms with Crippen molar-refractivity contribution in [3.63, 3.8) is 0 Å². The van der Waals surface area contributed by atoms with Gasteiger partial charge in [-0.25, -0.2) is 0 Å². The van der Waals surface area contributed by atoms with Crippen LogP contribution in [0, 0.1) is 0 Å². The van der Waals surface area contributed by atoms with Crippen LogP contribution in [0.15, 0.2) is 42.5 Å². The van der Waals surface area contributed by atoms with Crippen LogP contribution in [0.4, 0.5) is 0 Å². The average Bonchev–Trinajstić information content (AvgIpc) is 2.67. The number of carbonyl (C=O) groups excluding carboxylic acids is 1. The molecule has 0 aliphatic carbocycles. The Balaban J connectivity index is 1.88. The Labute approximate surface area is 153 Å². The topological polar surface area (TPSA) is 77.0 Å². The van der Waals surface area contributed by atoms with Gasteiger partial charge in [0.2, 0.25) is 5.91 Å². The van der Waals surface area contributed by atoms with Crippen LogP contribution in [0.1, 0.15) is 24.2 Å². The Bertz CT molecular complexity index is 715. The molecular formula is C20H25NO5. The number of methoxy groups -OCH3 is 2. The minimum Gasteiger partial charge on any atom is -0.494 e. The Morgan fingerprint density at radius 2 is 1.77 bits per heavy atom. The predicted molar refractivity (Wildman–Crippen MR) is 98.8 cm³/mol. The molecule has 0 saturated heterocycles. The maximum Gasteiger partial charge on any atom is 0.224 e. The van der Waals surface area contributed by atoms with Crippen molar-refractivity contribution in [2.45, 2.75) is 19.4 Å². The third-order valence-electron chi connectivity index (χ3n) is 3.88. The fourth-order valence-corrected chi connectivity index (χ4v) is 2.51. The van der Waals surface area contributed by atoms with Gasteiger partial charge >= 0.3 is 0 Å². The summed E-state index contributed by atoms with van der Waals surface area (Å²) < 4.78 is 15.8. The number of rotatable bonds is 9. The van der Waals surface area contributed by atoms with Crippen LogP contribution < -0.4 is 19.5 Å². The van der Waals surface area contributed by atoms with Gasteiger partial charge in [0.15, 0.2) is 11.5 Å². The van der Waals surface area contributed by atoms with E-state index in [2.05, 4.69) is 5.32 Å². The molecule has 6 heteroatoms. The maximum atomic E-state index is 12.1. The molecule has 0 fully saturated rings. The molecule has 0 bridgehead atoms. The first-order valence-electron chi connectivity index (χ1n) is 8.45. The van der Waals surface area contributed by atoms with Crippen LogP contribution in [0.2, 0.25) is 0 Å². The van der Waals surface area contributed by atoms with Gasteiger partial charge in [-0.1, -0.05) is 18.2 Å². The number of amides is 1. The van der Waals surface area contributed by atoms with Gasteiger partial charge in [0.1, 0.15) is 5.75 Å². The van der Waals surface area contributed by atoms with Crippen molar-refractivity contribution < 1.29 is 24.1 Å². The molecule has 2 aromatic rings. The van der Waals surface area contributed by atoms with Crippen molar-refractivity contribution in [2.75, 3.05) is 27.4 Å². The second-order valence-corrected chi connectivity index (χ2v) is 5.69. The highest BCUT2D eigenvalue weighted by atomic mass is 16.5. The second kappa shape index (κ2) is 9.68. The summed E-state index contributed by atoms with van der Waals surface area (Å²) in [6.45, 7) is 2.64. The van der Waals surface area contributed by atoms with Crippen molar-refractivity contribution in [3.8, 4) is 17.2 Å². The van der Waals surface area contributed by atoms with Gasteiger partial charge in [0.25, 0.3) is 0 Å². The highest BCUT2D eigenvalue weighted by Crippen LogP contribution is 2.29. The van der Waals surface area contributed by atoms with E-state index >= 15 is 0 Å². The van der Waals surface area contributed by atoms with E-state index in [1.54, 1.807) is 25.3 Å². The summed E-state index contributed by atoms with van der Waals surface area (Å²) in [5.74, 6) is 1.74. The van der Waals surface area contributed by atoms with E-state index in [4.69, 9.17) is 14.2 Å². The molecule has 2 N–H and O–H groups in total. The van der Waals surface area contributed by atoms with Gasteiger partial charge in [-0.2, -0.15) is 0 Å². The molecule has 1 atom stereocenters. The third kappa shape index (κ3) is 5.39. The van der Waals surface area contributed by atoms with Crippen molar-refractivity contribution in [1.82, 2.24) is 5.32 Å². The largest absolute Gasteiger partial charge is 0.494 e. The first-order chi connectivity index (χ1) is 12.6. The Kier molecular flexibility index (Phi) is 7.29. The molecule has 0 radical (unpaired) electrons. The van der Waals surface area contributed by atoms with Gasteiger partial charge in [0.05, 0.1) is 33.4 Å². The van der Waals surface area contributed by atoms with Gasteiger partial charge in [-0.15, -0.1) is 0 Å². The summed E-state index contributed by atoms with van der Waals surface area (Å²) in [6, 6.07) is 12.5. The predicted octanol–water partition coefficient (Wildman–Crippen LogP) is 2.49. The van der Waals surface area contributed by atoms with Crippen LogP contribution in [-0.2, 0) is 11.2 Å². The molecular weight excluding hydrogens is 334 g/mol. The number of hydrogen-bond donors (Lipinski definition) is 2. The summed E-state index contributed by atoms with van der Waals surface area (Å²) in [6.07, 6.45) is -0.593. The number of aliphatic hydroxyl groups excluding tert-OH is 1. The summed E-state index contributed by atoms with van der Waals surface area (Å²) >= 11 is 0. The first kappa shape index (κ1) is 19.6. The number of benzene rings is 2. The lowest BCUT2D eigenvalue weighted by atomic mass is 10.1. The van der Waals surface area contributed by atoms with Gasteiger partial charge < -0.3 is 24.6 Å². The highest BCUT2D eigenvalue weighted by molar-refractivity contribution is 5.78. The molecule has 1 amide bonds. The zero-order valence-electron chi connectivity index (χ0n) is 15.3. The minimum atomic E-state index is -0.834. The fourth-order valence-electron chi connectivity index (χ4n) is 2.51. The van der Waals surface area contributed by atoms with E-state index in [0.717, 1.165) is 11.3 Å².